The molecular weight excluding hydrogens is 324 g/mol. The van der Waals surface area contributed by atoms with Crippen LogP contribution in [0, 0.1) is 5.92 Å². The second-order valence-corrected chi connectivity index (χ2v) is 8.73. The van der Waals surface area contributed by atoms with Crippen LogP contribution in [0.4, 0.5) is 0 Å². The van der Waals surface area contributed by atoms with E-state index >= 15 is 0 Å². The molecule has 1 aromatic rings. The van der Waals surface area contributed by atoms with E-state index in [1.54, 1.807) is 25.2 Å². The Balaban J connectivity index is 2.17. The number of carbonyl (C=O) groups excluding carboxylic acids is 1. The predicted molar refractivity (Wildman–Crippen MR) is 95.5 cm³/mol. The molecule has 0 N–H and O–H groups in total. The van der Waals surface area contributed by atoms with E-state index in [2.05, 4.69) is 6.92 Å². The second-order valence-electron chi connectivity index (χ2n) is 6.68. The van der Waals surface area contributed by atoms with Gasteiger partial charge in [-0.05, 0) is 43.4 Å². The number of likely N-dealkylation sites (tertiary alicyclic amines) is 1. The first-order chi connectivity index (χ1) is 11.4. The summed E-state index contributed by atoms with van der Waals surface area (Å²) in [7, 11) is -1.96. The Morgan fingerprint density at radius 1 is 1.29 bits per heavy atom. The Kier molecular flexibility index (Phi) is 6.40. The van der Waals surface area contributed by atoms with E-state index in [1.807, 2.05) is 11.8 Å². The van der Waals surface area contributed by atoms with Crippen molar-refractivity contribution in [3.05, 3.63) is 29.8 Å². The summed E-state index contributed by atoms with van der Waals surface area (Å²) in [5, 5.41) is 0. The highest BCUT2D eigenvalue weighted by Gasteiger charge is 2.24. The third-order valence-corrected chi connectivity index (χ3v) is 6.54. The molecule has 2 rings (SSSR count). The molecule has 6 heteroatoms. The Hall–Kier alpha value is -1.40. The van der Waals surface area contributed by atoms with E-state index in [-0.39, 0.29) is 10.8 Å². The maximum atomic E-state index is 12.6. The van der Waals surface area contributed by atoms with Crippen LogP contribution < -0.4 is 0 Å². The highest BCUT2D eigenvalue weighted by Crippen LogP contribution is 2.21. The number of hydrogen-bond donors (Lipinski definition) is 0. The summed E-state index contributed by atoms with van der Waals surface area (Å²) < 4.78 is 26.6. The number of benzene rings is 1. The molecule has 24 heavy (non-hydrogen) atoms. The monoisotopic (exact) mass is 352 g/mol. The minimum Gasteiger partial charge on any atom is -0.339 e. The standard InChI is InChI=1S/C18H28N2O3S/c1-4-5-11-19(3)24(22,23)17-8-6-7-16(14-17)18(21)20-12-9-15(2)10-13-20/h6-8,14-15H,4-5,9-13H2,1-3H3. The molecule has 0 bridgehead atoms. The van der Waals surface area contributed by atoms with Crippen molar-refractivity contribution in [1.82, 2.24) is 9.21 Å². The third-order valence-electron chi connectivity index (χ3n) is 4.69. The van der Waals surface area contributed by atoms with Gasteiger partial charge in [-0.15, -0.1) is 0 Å². The van der Waals surface area contributed by atoms with Crippen molar-refractivity contribution in [2.45, 2.75) is 44.4 Å². The molecule has 0 radical (unpaired) electrons. The lowest BCUT2D eigenvalue weighted by Gasteiger charge is -2.30. The molecule has 1 saturated heterocycles. The topological polar surface area (TPSA) is 57.7 Å². The van der Waals surface area contributed by atoms with Crippen LogP contribution in [-0.4, -0.2) is 50.2 Å². The minimum atomic E-state index is -3.54. The van der Waals surface area contributed by atoms with Gasteiger partial charge in [-0.1, -0.05) is 26.3 Å². The molecule has 1 aliphatic heterocycles. The van der Waals surface area contributed by atoms with E-state index in [0.29, 0.717) is 18.0 Å². The Morgan fingerprint density at radius 2 is 1.96 bits per heavy atom. The van der Waals surface area contributed by atoms with Gasteiger partial charge in [0.25, 0.3) is 5.91 Å². The van der Waals surface area contributed by atoms with E-state index in [0.717, 1.165) is 38.8 Å². The summed E-state index contributed by atoms with van der Waals surface area (Å²) in [4.78, 5) is 14.7. The SMILES string of the molecule is CCCCN(C)S(=O)(=O)c1cccc(C(=O)N2CCC(C)CC2)c1. The maximum absolute atomic E-state index is 12.6. The minimum absolute atomic E-state index is 0.0739. The molecule has 0 atom stereocenters. The molecule has 5 nitrogen and oxygen atoms in total. The molecule has 1 fully saturated rings. The summed E-state index contributed by atoms with van der Waals surface area (Å²) in [5.74, 6) is 0.572. The van der Waals surface area contributed by atoms with Gasteiger partial charge in [0, 0.05) is 32.2 Å². The van der Waals surface area contributed by atoms with Crippen molar-refractivity contribution >= 4 is 15.9 Å². The Labute approximate surface area is 145 Å². The van der Waals surface area contributed by atoms with Crippen molar-refractivity contribution in [1.29, 1.82) is 0 Å². The quantitative estimate of drug-likeness (QED) is 0.791. The van der Waals surface area contributed by atoms with Crippen LogP contribution in [0.25, 0.3) is 0 Å². The molecular formula is C18H28N2O3S. The molecule has 134 valence electrons. The van der Waals surface area contributed by atoms with Crippen LogP contribution in [0.15, 0.2) is 29.2 Å². The summed E-state index contributed by atoms with van der Waals surface area (Å²) in [5.41, 5.74) is 0.453. The van der Waals surface area contributed by atoms with E-state index in [4.69, 9.17) is 0 Å². The predicted octanol–water partition coefficient (Wildman–Crippen LogP) is 2.98. The van der Waals surface area contributed by atoms with Crippen molar-refractivity contribution in [3.8, 4) is 0 Å². The zero-order valence-electron chi connectivity index (χ0n) is 14.9. The molecule has 0 aliphatic carbocycles. The third kappa shape index (κ3) is 4.36. The fraction of sp³-hybridized carbons (Fsp3) is 0.611. The van der Waals surface area contributed by atoms with Crippen LogP contribution in [0.2, 0.25) is 0 Å². The first kappa shape index (κ1) is 18.9. The Bertz CT molecular complexity index is 665. The average molecular weight is 353 g/mol. The van der Waals surface area contributed by atoms with Crippen LogP contribution in [-0.2, 0) is 10.0 Å². The molecule has 0 aromatic heterocycles. The number of piperidine rings is 1. The highest BCUT2D eigenvalue weighted by molar-refractivity contribution is 7.89. The van der Waals surface area contributed by atoms with Gasteiger partial charge in [0.2, 0.25) is 10.0 Å². The average Bonchev–Trinajstić information content (AvgIpc) is 2.59. The largest absolute Gasteiger partial charge is 0.339 e. The summed E-state index contributed by atoms with van der Waals surface area (Å²) in [6.45, 7) is 6.20. The number of rotatable bonds is 6. The smallest absolute Gasteiger partial charge is 0.253 e. The zero-order chi connectivity index (χ0) is 17.7. The molecule has 1 aromatic carbocycles. The van der Waals surface area contributed by atoms with Gasteiger partial charge in [-0.25, -0.2) is 12.7 Å². The van der Waals surface area contributed by atoms with Gasteiger partial charge in [-0.2, -0.15) is 0 Å². The maximum Gasteiger partial charge on any atom is 0.253 e. The van der Waals surface area contributed by atoms with Crippen molar-refractivity contribution in [2.75, 3.05) is 26.7 Å². The molecule has 1 aliphatic rings. The number of carbonyl (C=O) groups is 1. The van der Waals surface area contributed by atoms with Gasteiger partial charge >= 0.3 is 0 Å². The number of amides is 1. The molecule has 1 heterocycles. The summed E-state index contributed by atoms with van der Waals surface area (Å²) >= 11 is 0. The summed E-state index contributed by atoms with van der Waals surface area (Å²) in [6.07, 6.45) is 3.76. The van der Waals surface area contributed by atoms with Crippen LogP contribution in [0.1, 0.15) is 49.9 Å². The Morgan fingerprint density at radius 3 is 2.58 bits per heavy atom. The van der Waals surface area contributed by atoms with E-state index in [1.165, 1.54) is 10.4 Å². The van der Waals surface area contributed by atoms with E-state index in [9.17, 15) is 13.2 Å². The van der Waals surface area contributed by atoms with Gasteiger partial charge in [0.15, 0.2) is 0 Å². The second kappa shape index (κ2) is 8.12. The van der Waals surface area contributed by atoms with Crippen molar-refractivity contribution < 1.29 is 13.2 Å². The van der Waals surface area contributed by atoms with Crippen molar-refractivity contribution in [3.63, 3.8) is 0 Å². The summed E-state index contributed by atoms with van der Waals surface area (Å²) in [6, 6.07) is 6.43. The first-order valence-corrected chi connectivity index (χ1v) is 10.2. The van der Waals surface area contributed by atoms with Crippen molar-refractivity contribution in [2.24, 2.45) is 5.92 Å². The lowest BCUT2D eigenvalue weighted by atomic mass is 9.98. The fourth-order valence-electron chi connectivity index (χ4n) is 2.86. The number of sulfonamides is 1. The zero-order valence-corrected chi connectivity index (χ0v) is 15.7. The van der Waals surface area contributed by atoms with E-state index < -0.39 is 10.0 Å². The van der Waals surface area contributed by atoms with Crippen LogP contribution in [0.5, 0.6) is 0 Å². The first-order valence-electron chi connectivity index (χ1n) is 8.72. The van der Waals surface area contributed by atoms with Gasteiger partial charge in [-0.3, -0.25) is 4.79 Å². The highest BCUT2D eigenvalue weighted by atomic mass is 32.2. The number of unbranched alkanes of at least 4 members (excludes halogenated alkanes) is 1. The van der Waals surface area contributed by atoms with Gasteiger partial charge < -0.3 is 4.90 Å². The number of nitrogens with zero attached hydrogens (tertiary/aromatic N) is 2. The fourth-order valence-corrected chi connectivity index (χ4v) is 4.12. The lowest BCUT2D eigenvalue weighted by molar-refractivity contribution is 0.0697. The molecule has 0 saturated carbocycles. The molecule has 1 amide bonds. The van der Waals surface area contributed by atoms with Crippen LogP contribution in [0.3, 0.4) is 0 Å². The normalized spacial score (nSPS) is 16.6. The molecule has 0 unspecified atom stereocenters. The van der Waals surface area contributed by atoms with Gasteiger partial charge in [0.1, 0.15) is 0 Å². The van der Waals surface area contributed by atoms with Gasteiger partial charge in [0.05, 0.1) is 4.90 Å². The lowest BCUT2D eigenvalue weighted by Crippen LogP contribution is -2.38. The number of hydrogen-bond acceptors (Lipinski definition) is 3. The van der Waals surface area contributed by atoms with Crippen LogP contribution >= 0.6 is 0 Å². The molecule has 0 spiro atoms.